The first kappa shape index (κ1) is 14.6. The molecule has 1 N–H and O–H groups in total. The summed E-state index contributed by atoms with van der Waals surface area (Å²) in [7, 11) is 0. The number of rotatable bonds is 5. The zero-order chi connectivity index (χ0) is 14.7. The van der Waals surface area contributed by atoms with E-state index in [2.05, 4.69) is 37.4 Å². The molecule has 1 aromatic heterocycles. The van der Waals surface area contributed by atoms with E-state index in [0.29, 0.717) is 0 Å². The highest BCUT2D eigenvalue weighted by Gasteiger charge is 2.39. The summed E-state index contributed by atoms with van der Waals surface area (Å²) >= 11 is 0. The molecule has 0 bridgehead atoms. The van der Waals surface area contributed by atoms with Gasteiger partial charge < -0.3 is 14.5 Å². The van der Waals surface area contributed by atoms with Crippen LogP contribution >= 0.6 is 0 Å². The SMILES string of the molecule is CCCNC(c1cc2ccccc2o1)C1(C)CCCCO1. The molecule has 0 amide bonds. The molecule has 0 saturated carbocycles. The topological polar surface area (TPSA) is 34.4 Å². The molecule has 21 heavy (non-hydrogen) atoms. The maximum absolute atomic E-state index is 6.15. The van der Waals surface area contributed by atoms with Crippen molar-refractivity contribution in [3.63, 3.8) is 0 Å². The highest BCUT2D eigenvalue weighted by Crippen LogP contribution is 2.38. The number of furan rings is 1. The van der Waals surface area contributed by atoms with E-state index < -0.39 is 0 Å². The van der Waals surface area contributed by atoms with Gasteiger partial charge in [-0.1, -0.05) is 25.1 Å². The average molecular weight is 287 g/mol. The Kier molecular flexibility index (Phi) is 4.32. The van der Waals surface area contributed by atoms with E-state index >= 15 is 0 Å². The first-order chi connectivity index (χ1) is 10.2. The van der Waals surface area contributed by atoms with Gasteiger partial charge >= 0.3 is 0 Å². The fraction of sp³-hybridized carbons (Fsp3) is 0.556. The normalized spacial score (nSPS) is 24.3. The zero-order valence-corrected chi connectivity index (χ0v) is 13.0. The second-order valence-corrected chi connectivity index (χ2v) is 6.19. The summed E-state index contributed by atoms with van der Waals surface area (Å²) in [4.78, 5) is 0. The first-order valence-electron chi connectivity index (χ1n) is 8.09. The van der Waals surface area contributed by atoms with Crippen molar-refractivity contribution in [2.24, 2.45) is 0 Å². The number of fused-ring (bicyclic) bond motifs is 1. The van der Waals surface area contributed by atoms with Crippen LogP contribution in [-0.2, 0) is 4.74 Å². The van der Waals surface area contributed by atoms with Crippen molar-refractivity contribution in [3.05, 3.63) is 36.1 Å². The minimum Gasteiger partial charge on any atom is -0.459 e. The molecular weight excluding hydrogens is 262 g/mol. The molecule has 0 radical (unpaired) electrons. The monoisotopic (exact) mass is 287 g/mol. The maximum Gasteiger partial charge on any atom is 0.134 e. The molecule has 1 aliphatic rings. The molecule has 0 aliphatic carbocycles. The van der Waals surface area contributed by atoms with E-state index in [1.807, 2.05) is 12.1 Å². The molecule has 2 heterocycles. The van der Waals surface area contributed by atoms with Crippen molar-refractivity contribution in [1.82, 2.24) is 5.32 Å². The van der Waals surface area contributed by atoms with Gasteiger partial charge in [-0.15, -0.1) is 0 Å². The zero-order valence-electron chi connectivity index (χ0n) is 13.0. The summed E-state index contributed by atoms with van der Waals surface area (Å²) in [5.41, 5.74) is 0.775. The third kappa shape index (κ3) is 2.99. The van der Waals surface area contributed by atoms with E-state index in [9.17, 15) is 0 Å². The molecule has 3 nitrogen and oxygen atoms in total. The Bertz CT molecular complexity index is 551. The summed E-state index contributed by atoms with van der Waals surface area (Å²) < 4.78 is 12.3. The third-order valence-corrected chi connectivity index (χ3v) is 4.44. The van der Waals surface area contributed by atoms with Crippen molar-refractivity contribution in [2.45, 2.75) is 51.2 Å². The van der Waals surface area contributed by atoms with E-state index in [1.54, 1.807) is 0 Å². The van der Waals surface area contributed by atoms with Crippen molar-refractivity contribution in [1.29, 1.82) is 0 Å². The van der Waals surface area contributed by atoms with Crippen LogP contribution in [-0.4, -0.2) is 18.8 Å². The predicted molar refractivity (Wildman–Crippen MR) is 85.5 cm³/mol. The lowest BCUT2D eigenvalue weighted by Crippen LogP contribution is -2.46. The van der Waals surface area contributed by atoms with Crippen LogP contribution in [0, 0.1) is 0 Å². The summed E-state index contributed by atoms with van der Waals surface area (Å²) in [6, 6.07) is 10.5. The Morgan fingerprint density at radius 3 is 2.86 bits per heavy atom. The molecule has 3 rings (SSSR count). The largest absolute Gasteiger partial charge is 0.459 e. The van der Waals surface area contributed by atoms with Crippen LogP contribution in [0.4, 0.5) is 0 Å². The number of hydrogen-bond acceptors (Lipinski definition) is 3. The van der Waals surface area contributed by atoms with E-state index in [1.165, 1.54) is 6.42 Å². The van der Waals surface area contributed by atoms with Crippen LogP contribution in [0.25, 0.3) is 11.0 Å². The molecule has 2 atom stereocenters. The van der Waals surface area contributed by atoms with Crippen LogP contribution in [0.5, 0.6) is 0 Å². The quantitative estimate of drug-likeness (QED) is 0.883. The Morgan fingerprint density at radius 1 is 1.29 bits per heavy atom. The number of para-hydroxylation sites is 1. The Hall–Kier alpha value is -1.32. The molecule has 3 heteroatoms. The van der Waals surface area contributed by atoms with Gasteiger partial charge in [0.15, 0.2) is 0 Å². The van der Waals surface area contributed by atoms with Crippen molar-refractivity contribution in [3.8, 4) is 0 Å². The lowest BCUT2D eigenvalue weighted by atomic mass is 9.86. The van der Waals surface area contributed by atoms with Crippen LogP contribution in [0.3, 0.4) is 0 Å². The van der Waals surface area contributed by atoms with Gasteiger partial charge in [-0.3, -0.25) is 0 Å². The average Bonchev–Trinajstić information content (AvgIpc) is 2.91. The summed E-state index contributed by atoms with van der Waals surface area (Å²) in [6.45, 7) is 6.22. The van der Waals surface area contributed by atoms with E-state index in [4.69, 9.17) is 9.15 Å². The Labute approximate surface area is 126 Å². The molecule has 1 aliphatic heterocycles. The second kappa shape index (κ2) is 6.20. The van der Waals surface area contributed by atoms with Gasteiger partial charge in [-0.2, -0.15) is 0 Å². The smallest absolute Gasteiger partial charge is 0.134 e. The van der Waals surface area contributed by atoms with Crippen molar-refractivity contribution < 1.29 is 9.15 Å². The standard InChI is InChI=1S/C18H25NO2/c1-3-11-19-17(18(2)10-6-7-12-20-18)16-13-14-8-4-5-9-15(14)21-16/h4-5,8-9,13,17,19H,3,6-7,10-12H2,1-2H3. The lowest BCUT2D eigenvalue weighted by molar-refractivity contribution is -0.0932. The van der Waals surface area contributed by atoms with Gasteiger partial charge in [0.05, 0.1) is 11.6 Å². The lowest BCUT2D eigenvalue weighted by Gasteiger charge is -2.40. The number of ether oxygens (including phenoxy) is 1. The van der Waals surface area contributed by atoms with Gasteiger partial charge in [0, 0.05) is 12.0 Å². The highest BCUT2D eigenvalue weighted by atomic mass is 16.5. The summed E-state index contributed by atoms with van der Waals surface area (Å²) in [5, 5.41) is 4.80. The molecule has 2 aromatic rings. The summed E-state index contributed by atoms with van der Waals surface area (Å²) in [6.07, 6.45) is 4.56. The number of benzene rings is 1. The van der Waals surface area contributed by atoms with E-state index in [0.717, 1.165) is 49.1 Å². The number of nitrogens with one attached hydrogen (secondary N) is 1. The molecule has 0 spiro atoms. The molecule has 1 saturated heterocycles. The number of hydrogen-bond donors (Lipinski definition) is 1. The van der Waals surface area contributed by atoms with Gasteiger partial charge in [-0.05, 0) is 51.3 Å². The molecule has 2 unspecified atom stereocenters. The van der Waals surface area contributed by atoms with Crippen LogP contribution < -0.4 is 5.32 Å². The van der Waals surface area contributed by atoms with Gasteiger partial charge in [0.25, 0.3) is 0 Å². The predicted octanol–water partition coefficient (Wildman–Crippen LogP) is 4.43. The Balaban J connectivity index is 1.93. The highest BCUT2D eigenvalue weighted by molar-refractivity contribution is 5.77. The first-order valence-corrected chi connectivity index (χ1v) is 8.09. The van der Waals surface area contributed by atoms with Gasteiger partial charge in [0.2, 0.25) is 0 Å². The molecule has 1 aromatic carbocycles. The summed E-state index contributed by atoms with van der Waals surface area (Å²) in [5.74, 6) is 0.994. The van der Waals surface area contributed by atoms with Gasteiger partial charge in [-0.25, -0.2) is 0 Å². The van der Waals surface area contributed by atoms with Crippen LogP contribution in [0.2, 0.25) is 0 Å². The molecule has 114 valence electrons. The molecule has 1 fully saturated rings. The van der Waals surface area contributed by atoms with E-state index in [-0.39, 0.29) is 11.6 Å². The van der Waals surface area contributed by atoms with Crippen LogP contribution in [0.15, 0.2) is 34.7 Å². The second-order valence-electron chi connectivity index (χ2n) is 6.19. The minimum absolute atomic E-state index is 0.116. The van der Waals surface area contributed by atoms with Gasteiger partial charge in [0.1, 0.15) is 11.3 Å². The minimum atomic E-state index is -0.179. The van der Waals surface area contributed by atoms with Crippen LogP contribution in [0.1, 0.15) is 51.3 Å². The third-order valence-electron chi connectivity index (χ3n) is 4.44. The molecular formula is C18H25NO2. The fourth-order valence-corrected chi connectivity index (χ4v) is 3.23. The van der Waals surface area contributed by atoms with Crippen molar-refractivity contribution in [2.75, 3.05) is 13.2 Å². The maximum atomic E-state index is 6.15. The van der Waals surface area contributed by atoms with Crippen molar-refractivity contribution >= 4 is 11.0 Å². The fourth-order valence-electron chi connectivity index (χ4n) is 3.23. The Morgan fingerprint density at radius 2 is 2.14 bits per heavy atom.